The maximum absolute atomic E-state index is 11.4. The van der Waals surface area contributed by atoms with Crippen LogP contribution >= 0.6 is 11.3 Å². The molecular formula is C14H24N4O2S. The van der Waals surface area contributed by atoms with Crippen LogP contribution in [0.15, 0.2) is 5.38 Å². The summed E-state index contributed by atoms with van der Waals surface area (Å²) >= 11 is 1.46. The average Bonchev–Trinajstić information content (AvgIpc) is 2.90. The molecule has 1 aromatic rings. The Morgan fingerprint density at radius 3 is 2.71 bits per heavy atom. The molecule has 0 bridgehead atoms. The highest BCUT2D eigenvalue weighted by Crippen LogP contribution is 2.20. The van der Waals surface area contributed by atoms with Crippen LogP contribution in [0.25, 0.3) is 0 Å². The standard InChI is InChI=1S/C14H24N4O2S/c1-4-7-16-13(20)6-8-15-9-12-10-21-14(17-12)18(5-2)11(3)19/h10,15H,4-9H2,1-3H3,(H,16,20). The number of nitrogens with one attached hydrogen (secondary N) is 2. The van der Waals surface area contributed by atoms with Crippen molar-refractivity contribution < 1.29 is 9.59 Å². The van der Waals surface area contributed by atoms with Crippen molar-refractivity contribution in [1.82, 2.24) is 15.6 Å². The van der Waals surface area contributed by atoms with Crippen molar-refractivity contribution in [2.24, 2.45) is 0 Å². The van der Waals surface area contributed by atoms with E-state index in [9.17, 15) is 9.59 Å². The number of amides is 2. The lowest BCUT2D eigenvalue weighted by Crippen LogP contribution is -2.28. The predicted octanol–water partition coefficient (Wildman–Crippen LogP) is 1.52. The summed E-state index contributed by atoms with van der Waals surface area (Å²) in [7, 11) is 0. The summed E-state index contributed by atoms with van der Waals surface area (Å²) in [4.78, 5) is 28.9. The van der Waals surface area contributed by atoms with E-state index in [1.54, 1.807) is 4.90 Å². The Kier molecular flexibility index (Phi) is 7.92. The Bertz CT molecular complexity index is 462. The number of nitrogens with zero attached hydrogens (tertiary/aromatic N) is 2. The van der Waals surface area contributed by atoms with E-state index in [1.807, 2.05) is 19.2 Å². The van der Waals surface area contributed by atoms with Gasteiger partial charge in [-0.2, -0.15) is 0 Å². The molecule has 0 saturated heterocycles. The van der Waals surface area contributed by atoms with Crippen LogP contribution in [-0.4, -0.2) is 36.4 Å². The van der Waals surface area contributed by atoms with Crippen LogP contribution in [0.4, 0.5) is 5.13 Å². The van der Waals surface area contributed by atoms with Crippen LogP contribution in [0.3, 0.4) is 0 Å². The van der Waals surface area contributed by atoms with Gasteiger partial charge in [-0.05, 0) is 13.3 Å². The quantitative estimate of drug-likeness (QED) is 0.678. The second-order valence-corrected chi connectivity index (χ2v) is 5.50. The summed E-state index contributed by atoms with van der Waals surface area (Å²) in [6.45, 7) is 8.06. The molecule has 7 heteroatoms. The van der Waals surface area contributed by atoms with Crippen molar-refractivity contribution in [2.45, 2.75) is 40.2 Å². The number of rotatable bonds is 9. The van der Waals surface area contributed by atoms with Gasteiger partial charge in [0.1, 0.15) is 0 Å². The first-order valence-corrected chi connectivity index (χ1v) is 8.16. The fourth-order valence-corrected chi connectivity index (χ4v) is 2.70. The molecule has 1 heterocycles. The van der Waals surface area contributed by atoms with Gasteiger partial charge in [-0.25, -0.2) is 4.98 Å². The first kappa shape index (κ1) is 17.6. The van der Waals surface area contributed by atoms with E-state index in [0.29, 0.717) is 26.1 Å². The molecule has 6 nitrogen and oxygen atoms in total. The summed E-state index contributed by atoms with van der Waals surface area (Å²) in [6, 6.07) is 0. The summed E-state index contributed by atoms with van der Waals surface area (Å²) in [5.74, 6) is 0.0657. The zero-order chi connectivity index (χ0) is 15.7. The molecule has 118 valence electrons. The van der Waals surface area contributed by atoms with E-state index in [4.69, 9.17) is 0 Å². The topological polar surface area (TPSA) is 74.3 Å². The largest absolute Gasteiger partial charge is 0.356 e. The van der Waals surface area contributed by atoms with E-state index in [0.717, 1.165) is 23.8 Å². The van der Waals surface area contributed by atoms with Gasteiger partial charge in [0.25, 0.3) is 0 Å². The molecule has 0 fully saturated rings. The SMILES string of the molecule is CCCNC(=O)CCNCc1csc(N(CC)C(C)=O)n1. The van der Waals surface area contributed by atoms with Crippen LogP contribution in [0.5, 0.6) is 0 Å². The van der Waals surface area contributed by atoms with Crippen molar-refractivity contribution in [3.63, 3.8) is 0 Å². The van der Waals surface area contributed by atoms with Gasteiger partial charge < -0.3 is 10.6 Å². The van der Waals surface area contributed by atoms with Crippen molar-refractivity contribution in [3.8, 4) is 0 Å². The smallest absolute Gasteiger partial charge is 0.225 e. The predicted molar refractivity (Wildman–Crippen MR) is 85.4 cm³/mol. The summed E-state index contributed by atoms with van der Waals surface area (Å²) < 4.78 is 0. The normalized spacial score (nSPS) is 10.4. The Morgan fingerprint density at radius 1 is 1.33 bits per heavy atom. The lowest BCUT2D eigenvalue weighted by Gasteiger charge is -2.14. The molecule has 0 aliphatic carbocycles. The minimum atomic E-state index is -0.000968. The van der Waals surface area contributed by atoms with Gasteiger partial charge in [0.15, 0.2) is 5.13 Å². The number of aromatic nitrogens is 1. The van der Waals surface area contributed by atoms with Gasteiger partial charge in [0.05, 0.1) is 5.69 Å². The average molecular weight is 312 g/mol. The zero-order valence-corrected chi connectivity index (χ0v) is 13.8. The molecule has 2 amide bonds. The number of hydrogen-bond acceptors (Lipinski definition) is 5. The van der Waals surface area contributed by atoms with Crippen LogP contribution in [-0.2, 0) is 16.1 Å². The van der Waals surface area contributed by atoms with Crippen LogP contribution in [0, 0.1) is 0 Å². The Hall–Kier alpha value is -1.47. The molecule has 1 aromatic heterocycles. The molecule has 0 aliphatic heterocycles. The lowest BCUT2D eigenvalue weighted by molar-refractivity contribution is -0.121. The molecule has 0 atom stereocenters. The van der Waals surface area contributed by atoms with Crippen molar-refractivity contribution in [1.29, 1.82) is 0 Å². The number of anilines is 1. The van der Waals surface area contributed by atoms with E-state index in [1.165, 1.54) is 18.3 Å². The molecular weight excluding hydrogens is 288 g/mol. The summed E-state index contributed by atoms with van der Waals surface area (Å²) in [5.41, 5.74) is 0.892. The molecule has 0 aromatic carbocycles. The zero-order valence-electron chi connectivity index (χ0n) is 12.9. The number of thiazole rings is 1. The van der Waals surface area contributed by atoms with Gasteiger partial charge in [0, 0.05) is 44.9 Å². The second-order valence-electron chi connectivity index (χ2n) is 4.66. The van der Waals surface area contributed by atoms with E-state index < -0.39 is 0 Å². The Morgan fingerprint density at radius 2 is 2.10 bits per heavy atom. The van der Waals surface area contributed by atoms with Crippen molar-refractivity contribution in [3.05, 3.63) is 11.1 Å². The third kappa shape index (κ3) is 6.22. The molecule has 2 N–H and O–H groups in total. The van der Waals surface area contributed by atoms with Crippen LogP contribution in [0.2, 0.25) is 0 Å². The molecule has 1 rings (SSSR count). The highest BCUT2D eigenvalue weighted by Gasteiger charge is 2.13. The minimum Gasteiger partial charge on any atom is -0.356 e. The van der Waals surface area contributed by atoms with Gasteiger partial charge in [-0.15, -0.1) is 11.3 Å². The third-order valence-corrected chi connectivity index (χ3v) is 3.79. The molecule has 21 heavy (non-hydrogen) atoms. The molecule has 0 unspecified atom stereocenters. The number of hydrogen-bond donors (Lipinski definition) is 2. The fourth-order valence-electron chi connectivity index (χ4n) is 1.77. The maximum Gasteiger partial charge on any atom is 0.225 e. The molecule has 0 saturated carbocycles. The second kappa shape index (κ2) is 9.46. The Labute approximate surface area is 129 Å². The molecule has 0 spiro atoms. The number of carbonyl (C=O) groups is 2. The molecule has 0 radical (unpaired) electrons. The van der Waals surface area contributed by atoms with E-state index in [2.05, 4.69) is 15.6 Å². The Balaban J connectivity index is 2.32. The highest BCUT2D eigenvalue weighted by atomic mass is 32.1. The minimum absolute atomic E-state index is 0.000968. The molecule has 0 aliphatic rings. The first-order valence-electron chi connectivity index (χ1n) is 7.28. The monoisotopic (exact) mass is 312 g/mol. The van der Waals surface area contributed by atoms with Gasteiger partial charge in [-0.3, -0.25) is 14.5 Å². The van der Waals surface area contributed by atoms with Crippen molar-refractivity contribution in [2.75, 3.05) is 24.5 Å². The summed E-state index contributed by atoms with van der Waals surface area (Å²) in [6.07, 6.45) is 1.41. The third-order valence-electron chi connectivity index (χ3n) is 2.87. The maximum atomic E-state index is 11.4. The van der Waals surface area contributed by atoms with E-state index in [-0.39, 0.29) is 11.8 Å². The van der Waals surface area contributed by atoms with Gasteiger partial charge in [-0.1, -0.05) is 6.92 Å². The lowest BCUT2D eigenvalue weighted by atomic mass is 10.3. The fraction of sp³-hybridized carbons (Fsp3) is 0.643. The van der Waals surface area contributed by atoms with Crippen molar-refractivity contribution >= 4 is 28.3 Å². The first-order chi connectivity index (χ1) is 10.1. The van der Waals surface area contributed by atoms with Gasteiger partial charge >= 0.3 is 0 Å². The van der Waals surface area contributed by atoms with E-state index >= 15 is 0 Å². The van der Waals surface area contributed by atoms with Crippen LogP contribution < -0.4 is 15.5 Å². The van der Waals surface area contributed by atoms with Crippen LogP contribution in [0.1, 0.15) is 39.3 Å². The highest BCUT2D eigenvalue weighted by molar-refractivity contribution is 7.14. The number of carbonyl (C=O) groups excluding carboxylic acids is 2. The van der Waals surface area contributed by atoms with Gasteiger partial charge in [0.2, 0.25) is 11.8 Å². The summed E-state index contributed by atoms with van der Waals surface area (Å²) in [5, 5.41) is 8.68.